The number of aromatic nitrogens is 1. The van der Waals surface area contributed by atoms with E-state index in [0.29, 0.717) is 12.4 Å². The SMILES string of the molecule is COc1ccc2c(c1)C(C(=O)N(Cc1ccco1)c1ccccn1)CC2. The van der Waals surface area contributed by atoms with Crippen LogP contribution < -0.4 is 9.64 Å². The first-order valence-corrected chi connectivity index (χ1v) is 8.68. The second-order valence-electron chi connectivity index (χ2n) is 6.35. The Balaban J connectivity index is 1.68. The van der Waals surface area contributed by atoms with Crippen LogP contribution in [0.1, 0.15) is 29.2 Å². The number of carbonyl (C=O) groups is 1. The predicted octanol–water partition coefficient (Wildman–Crippen LogP) is 3.95. The molecule has 0 N–H and O–H groups in total. The van der Waals surface area contributed by atoms with Crippen molar-refractivity contribution in [2.45, 2.75) is 25.3 Å². The molecule has 3 aromatic rings. The quantitative estimate of drug-likeness (QED) is 0.701. The van der Waals surface area contributed by atoms with Crippen LogP contribution in [0, 0.1) is 0 Å². The van der Waals surface area contributed by atoms with Crippen LogP contribution in [-0.4, -0.2) is 18.0 Å². The van der Waals surface area contributed by atoms with Crippen molar-refractivity contribution in [3.8, 4) is 5.75 Å². The van der Waals surface area contributed by atoms with E-state index < -0.39 is 0 Å². The Morgan fingerprint density at radius 3 is 2.92 bits per heavy atom. The maximum Gasteiger partial charge on any atom is 0.236 e. The van der Waals surface area contributed by atoms with Crippen LogP contribution in [-0.2, 0) is 17.8 Å². The summed E-state index contributed by atoms with van der Waals surface area (Å²) in [5.74, 6) is 1.97. The van der Waals surface area contributed by atoms with Crippen molar-refractivity contribution in [2.24, 2.45) is 0 Å². The lowest BCUT2D eigenvalue weighted by atomic mass is 9.99. The lowest BCUT2D eigenvalue weighted by molar-refractivity contribution is -0.120. The van der Waals surface area contributed by atoms with Crippen molar-refractivity contribution in [3.63, 3.8) is 0 Å². The Hall–Kier alpha value is -3.08. The Morgan fingerprint density at radius 2 is 2.19 bits per heavy atom. The fourth-order valence-electron chi connectivity index (χ4n) is 3.50. The van der Waals surface area contributed by atoms with E-state index in [1.807, 2.05) is 42.5 Å². The molecule has 0 fully saturated rings. The molecule has 2 aromatic heterocycles. The zero-order valence-electron chi connectivity index (χ0n) is 14.6. The summed E-state index contributed by atoms with van der Waals surface area (Å²) < 4.78 is 10.8. The molecule has 1 aromatic carbocycles. The number of ether oxygens (including phenoxy) is 1. The van der Waals surface area contributed by atoms with Gasteiger partial charge in [-0.1, -0.05) is 12.1 Å². The first-order chi connectivity index (χ1) is 12.8. The number of anilines is 1. The third-order valence-corrected chi connectivity index (χ3v) is 4.81. The molecular formula is C21H20N2O3. The normalized spacial score (nSPS) is 15.5. The summed E-state index contributed by atoms with van der Waals surface area (Å²) in [6.07, 6.45) is 5.00. The molecule has 1 atom stereocenters. The van der Waals surface area contributed by atoms with E-state index in [1.165, 1.54) is 5.56 Å². The third kappa shape index (κ3) is 3.08. The van der Waals surface area contributed by atoms with Gasteiger partial charge < -0.3 is 9.15 Å². The Bertz CT molecular complexity index is 891. The summed E-state index contributed by atoms with van der Waals surface area (Å²) >= 11 is 0. The monoisotopic (exact) mass is 348 g/mol. The number of pyridine rings is 1. The highest BCUT2D eigenvalue weighted by Crippen LogP contribution is 2.37. The van der Waals surface area contributed by atoms with Crippen molar-refractivity contribution in [2.75, 3.05) is 12.0 Å². The van der Waals surface area contributed by atoms with E-state index in [0.717, 1.165) is 29.9 Å². The molecule has 0 saturated heterocycles. The van der Waals surface area contributed by atoms with Crippen LogP contribution >= 0.6 is 0 Å². The van der Waals surface area contributed by atoms with Crippen molar-refractivity contribution in [3.05, 3.63) is 77.9 Å². The first kappa shape index (κ1) is 16.4. The van der Waals surface area contributed by atoms with Crippen LogP contribution in [0.3, 0.4) is 0 Å². The lowest BCUT2D eigenvalue weighted by Gasteiger charge is -2.24. The van der Waals surface area contributed by atoms with Gasteiger partial charge >= 0.3 is 0 Å². The highest BCUT2D eigenvalue weighted by Gasteiger charge is 2.33. The summed E-state index contributed by atoms with van der Waals surface area (Å²) in [7, 11) is 1.64. The summed E-state index contributed by atoms with van der Waals surface area (Å²) in [6.45, 7) is 0.360. The van der Waals surface area contributed by atoms with Crippen molar-refractivity contribution in [1.29, 1.82) is 0 Å². The van der Waals surface area contributed by atoms with Crippen LogP contribution in [0.5, 0.6) is 5.75 Å². The van der Waals surface area contributed by atoms with Crippen LogP contribution in [0.15, 0.2) is 65.4 Å². The molecule has 1 amide bonds. The maximum absolute atomic E-state index is 13.4. The number of nitrogens with zero attached hydrogens (tertiary/aromatic N) is 2. The van der Waals surface area contributed by atoms with E-state index in [4.69, 9.17) is 9.15 Å². The smallest absolute Gasteiger partial charge is 0.236 e. The molecule has 2 heterocycles. The van der Waals surface area contributed by atoms with E-state index in [2.05, 4.69) is 11.1 Å². The van der Waals surface area contributed by atoms with Gasteiger partial charge in [0.15, 0.2) is 0 Å². The van der Waals surface area contributed by atoms with Crippen LogP contribution in [0.25, 0.3) is 0 Å². The van der Waals surface area contributed by atoms with Crippen molar-refractivity contribution in [1.82, 2.24) is 4.98 Å². The molecule has 0 bridgehead atoms. The third-order valence-electron chi connectivity index (χ3n) is 4.81. The summed E-state index contributed by atoms with van der Waals surface area (Å²) in [4.78, 5) is 19.5. The van der Waals surface area contributed by atoms with Gasteiger partial charge in [-0.3, -0.25) is 9.69 Å². The van der Waals surface area contributed by atoms with E-state index in [9.17, 15) is 4.79 Å². The minimum atomic E-state index is -0.197. The summed E-state index contributed by atoms with van der Waals surface area (Å²) in [5, 5.41) is 0. The number of methoxy groups -OCH3 is 1. The van der Waals surface area contributed by atoms with Crippen molar-refractivity contribution >= 4 is 11.7 Å². The molecule has 0 aliphatic heterocycles. The molecule has 26 heavy (non-hydrogen) atoms. The molecule has 0 spiro atoms. The number of benzene rings is 1. The van der Waals surface area contributed by atoms with Gasteiger partial charge in [0.25, 0.3) is 0 Å². The Morgan fingerprint density at radius 1 is 1.27 bits per heavy atom. The Labute approximate surface area is 152 Å². The molecule has 5 nitrogen and oxygen atoms in total. The molecule has 0 saturated carbocycles. The van der Waals surface area contributed by atoms with E-state index in [-0.39, 0.29) is 11.8 Å². The molecule has 1 aliphatic rings. The molecule has 4 rings (SSSR count). The zero-order chi connectivity index (χ0) is 17.9. The van der Waals surface area contributed by atoms with Crippen LogP contribution in [0.4, 0.5) is 5.82 Å². The number of aryl methyl sites for hydroxylation is 1. The number of hydrogen-bond acceptors (Lipinski definition) is 4. The Kier molecular flexibility index (Phi) is 4.44. The first-order valence-electron chi connectivity index (χ1n) is 8.68. The standard InChI is InChI=1S/C21H20N2O3/c1-25-16-9-7-15-8-10-18(19(15)13-16)21(24)23(14-17-5-4-12-26-17)20-6-2-3-11-22-20/h2-7,9,11-13,18H,8,10,14H2,1H3. The minimum absolute atomic E-state index is 0.0344. The summed E-state index contributed by atoms with van der Waals surface area (Å²) in [6, 6.07) is 15.3. The van der Waals surface area contributed by atoms with Gasteiger partial charge in [0.1, 0.15) is 17.3 Å². The average molecular weight is 348 g/mol. The zero-order valence-corrected chi connectivity index (χ0v) is 14.6. The van der Waals surface area contributed by atoms with Gasteiger partial charge in [-0.15, -0.1) is 0 Å². The topological polar surface area (TPSA) is 55.6 Å². The molecule has 5 heteroatoms. The number of amides is 1. The predicted molar refractivity (Wildman–Crippen MR) is 98.2 cm³/mol. The average Bonchev–Trinajstić information content (AvgIpc) is 3.35. The second-order valence-corrected chi connectivity index (χ2v) is 6.35. The fourth-order valence-corrected chi connectivity index (χ4v) is 3.50. The number of fused-ring (bicyclic) bond motifs is 1. The molecule has 1 aliphatic carbocycles. The second kappa shape index (κ2) is 7.04. The van der Waals surface area contributed by atoms with Gasteiger partial charge in [-0.25, -0.2) is 4.98 Å². The van der Waals surface area contributed by atoms with Gasteiger partial charge in [0.05, 0.1) is 25.8 Å². The highest BCUT2D eigenvalue weighted by atomic mass is 16.5. The van der Waals surface area contributed by atoms with Gasteiger partial charge in [-0.05, 0) is 60.4 Å². The lowest BCUT2D eigenvalue weighted by Crippen LogP contribution is -2.34. The van der Waals surface area contributed by atoms with Gasteiger partial charge in [0.2, 0.25) is 5.91 Å². The summed E-state index contributed by atoms with van der Waals surface area (Å²) in [5.41, 5.74) is 2.26. The van der Waals surface area contributed by atoms with Gasteiger partial charge in [-0.2, -0.15) is 0 Å². The number of carbonyl (C=O) groups excluding carboxylic acids is 1. The molecule has 1 unspecified atom stereocenters. The van der Waals surface area contributed by atoms with E-state index in [1.54, 1.807) is 24.5 Å². The maximum atomic E-state index is 13.4. The minimum Gasteiger partial charge on any atom is -0.497 e. The fraction of sp³-hybridized carbons (Fsp3) is 0.238. The largest absolute Gasteiger partial charge is 0.497 e. The molecule has 132 valence electrons. The molecular weight excluding hydrogens is 328 g/mol. The van der Waals surface area contributed by atoms with Crippen molar-refractivity contribution < 1.29 is 13.9 Å². The molecule has 0 radical (unpaired) electrons. The van der Waals surface area contributed by atoms with Gasteiger partial charge in [0, 0.05) is 6.20 Å². The number of furan rings is 1. The highest BCUT2D eigenvalue weighted by molar-refractivity contribution is 5.98. The number of rotatable bonds is 5. The number of hydrogen-bond donors (Lipinski definition) is 0. The van der Waals surface area contributed by atoms with Crippen LogP contribution in [0.2, 0.25) is 0 Å². The van der Waals surface area contributed by atoms with E-state index >= 15 is 0 Å².